The van der Waals surface area contributed by atoms with E-state index >= 15 is 0 Å². The fourth-order valence-corrected chi connectivity index (χ4v) is 2.40. The van der Waals surface area contributed by atoms with Gasteiger partial charge in [0.15, 0.2) is 0 Å². The first-order valence-corrected chi connectivity index (χ1v) is 7.08. The number of aromatic nitrogens is 2. The van der Waals surface area contributed by atoms with Gasteiger partial charge in [-0.1, -0.05) is 30.3 Å². The fraction of sp³-hybridized carbons (Fsp3) is 0.176. The Bertz CT molecular complexity index is 781. The van der Waals surface area contributed by atoms with Gasteiger partial charge in [0, 0.05) is 6.42 Å². The lowest BCUT2D eigenvalue weighted by Crippen LogP contribution is -2.14. The van der Waals surface area contributed by atoms with Gasteiger partial charge in [-0.25, -0.2) is 4.98 Å². The summed E-state index contributed by atoms with van der Waals surface area (Å²) in [4.78, 5) is 15.6. The molecule has 0 spiro atoms. The highest BCUT2D eigenvalue weighted by Crippen LogP contribution is 2.17. The zero-order valence-electron chi connectivity index (χ0n) is 12.0. The first-order valence-electron chi connectivity index (χ1n) is 7.08. The second-order valence-electron chi connectivity index (χ2n) is 4.91. The third-order valence-electron chi connectivity index (χ3n) is 3.36. The van der Waals surface area contributed by atoms with Gasteiger partial charge in [-0.3, -0.25) is 4.79 Å². The summed E-state index contributed by atoms with van der Waals surface area (Å²) in [6.07, 6.45) is 0.552. The number of imidazole rings is 1. The summed E-state index contributed by atoms with van der Waals surface area (Å²) >= 11 is 0. The number of carboxylic acid groups (broad SMARTS) is 1. The highest BCUT2D eigenvalue weighted by molar-refractivity contribution is 5.78. The zero-order valence-corrected chi connectivity index (χ0v) is 12.0. The Kier molecular flexibility index (Phi) is 4.05. The van der Waals surface area contributed by atoms with Crippen LogP contribution in [-0.2, 0) is 17.8 Å². The Hall–Kier alpha value is -2.82. The number of hydrogen-bond acceptors (Lipinski definition) is 3. The number of rotatable bonds is 6. The summed E-state index contributed by atoms with van der Waals surface area (Å²) in [7, 11) is 0. The molecule has 3 aromatic rings. The molecular formula is C17H16N2O3. The van der Waals surface area contributed by atoms with Crippen LogP contribution in [0.4, 0.5) is 0 Å². The van der Waals surface area contributed by atoms with E-state index in [1.807, 2.05) is 54.6 Å². The first-order chi connectivity index (χ1) is 10.7. The van der Waals surface area contributed by atoms with Crippen molar-refractivity contribution in [1.82, 2.24) is 9.55 Å². The Morgan fingerprint density at radius 3 is 2.59 bits per heavy atom. The molecule has 1 aromatic heterocycles. The summed E-state index contributed by atoms with van der Waals surface area (Å²) in [5.41, 5.74) is 1.64. The van der Waals surface area contributed by atoms with Crippen LogP contribution in [0, 0.1) is 0 Å². The number of fused-ring (bicyclic) bond motifs is 1. The third-order valence-corrected chi connectivity index (χ3v) is 3.36. The predicted octanol–water partition coefficient (Wildman–Crippen LogP) is 2.74. The van der Waals surface area contributed by atoms with Crippen LogP contribution in [0.15, 0.2) is 54.6 Å². The largest absolute Gasteiger partial charge is 0.493 e. The molecule has 0 fully saturated rings. The molecule has 0 bridgehead atoms. The van der Waals surface area contributed by atoms with Crippen LogP contribution >= 0.6 is 0 Å². The topological polar surface area (TPSA) is 64.3 Å². The van der Waals surface area contributed by atoms with Gasteiger partial charge in [-0.15, -0.1) is 0 Å². The van der Waals surface area contributed by atoms with Crippen LogP contribution in [0.1, 0.15) is 5.82 Å². The van der Waals surface area contributed by atoms with Crippen molar-refractivity contribution in [3.05, 3.63) is 60.4 Å². The Balaban J connectivity index is 1.78. The highest BCUT2D eigenvalue weighted by atomic mass is 16.5. The van der Waals surface area contributed by atoms with E-state index in [9.17, 15) is 4.79 Å². The van der Waals surface area contributed by atoms with Crippen molar-refractivity contribution in [2.45, 2.75) is 13.0 Å². The van der Waals surface area contributed by atoms with E-state index in [4.69, 9.17) is 9.84 Å². The van der Waals surface area contributed by atoms with Crippen molar-refractivity contribution in [2.75, 3.05) is 6.61 Å². The van der Waals surface area contributed by atoms with Crippen molar-refractivity contribution in [3.63, 3.8) is 0 Å². The Morgan fingerprint density at radius 2 is 1.82 bits per heavy atom. The van der Waals surface area contributed by atoms with Gasteiger partial charge in [0.1, 0.15) is 18.1 Å². The number of carbonyl (C=O) groups is 1. The molecule has 2 aromatic carbocycles. The number of benzene rings is 2. The number of para-hydroxylation sites is 3. The monoisotopic (exact) mass is 296 g/mol. The van der Waals surface area contributed by atoms with Gasteiger partial charge in [-0.2, -0.15) is 0 Å². The number of nitrogens with zero attached hydrogens (tertiary/aromatic N) is 2. The highest BCUT2D eigenvalue weighted by Gasteiger charge is 2.12. The molecule has 0 saturated heterocycles. The zero-order chi connectivity index (χ0) is 15.4. The van der Waals surface area contributed by atoms with E-state index in [0.29, 0.717) is 13.0 Å². The van der Waals surface area contributed by atoms with Crippen molar-refractivity contribution in [2.24, 2.45) is 0 Å². The maximum absolute atomic E-state index is 11.1. The number of aliphatic carboxylic acids is 1. The quantitative estimate of drug-likeness (QED) is 0.759. The Labute approximate surface area is 127 Å². The van der Waals surface area contributed by atoms with E-state index in [-0.39, 0.29) is 6.54 Å². The van der Waals surface area contributed by atoms with E-state index < -0.39 is 5.97 Å². The molecule has 5 heteroatoms. The van der Waals surface area contributed by atoms with E-state index in [1.54, 1.807) is 4.57 Å². The van der Waals surface area contributed by atoms with Crippen molar-refractivity contribution in [3.8, 4) is 5.75 Å². The number of hydrogen-bond donors (Lipinski definition) is 1. The second kappa shape index (κ2) is 6.30. The molecular weight excluding hydrogens is 280 g/mol. The minimum atomic E-state index is -0.881. The molecule has 5 nitrogen and oxygen atoms in total. The molecule has 0 saturated carbocycles. The lowest BCUT2D eigenvalue weighted by Gasteiger charge is -2.08. The van der Waals surface area contributed by atoms with Gasteiger partial charge >= 0.3 is 5.97 Å². The van der Waals surface area contributed by atoms with Gasteiger partial charge in [0.2, 0.25) is 0 Å². The van der Waals surface area contributed by atoms with Crippen molar-refractivity contribution in [1.29, 1.82) is 0 Å². The number of carboxylic acids is 1. The van der Waals surface area contributed by atoms with Crippen LogP contribution < -0.4 is 4.74 Å². The lowest BCUT2D eigenvalue weighted by atomic mass is 10.3. The average molecular weight is 296 g/mol. The van der Waals surface area contributed by atoms with Gasteiger partial charge < -0.3 is 14.4 Å². The fourth-order valence-electron chi connectivity index (χ4n) is 2.40. The first kappa shape index (κ1) is 14.1. The summed E-state index contributed by atoms with van der Waals surface area (Å²) in [6.45, 7) is 0.355. The molecule has 0 aliphatic heterocycles. The molecule has 1 heterocycles. The molecule has 0 radical (unpaired) electrons. The minimum Gasteiger partial charge on any atom is -0.493 e. The van der Waals surface area contributed by atoms with Gasteiger partial charge in [0.25, 0.3) is 0 Å². The molecule has 0 atom stereocenters. The normalized spacial score (nSPS) is 10.7. The van der Waals surface area contributed by atoms with Crippen molar-refractivity contribution >= 4 is 17.0 Å². The second-order valence-corrected chi connectivity index (χ2v) is 4.91. The maximum atomic E-state index is 11.1. The summed E-state index contributed by atoms with van der Waals surface area (Å²) in [6, 6.07) is 17.1. The van der Waals surface area contributed by atoms with Crippen LogP contribution in [0.25, 0.3) is 11.0 Å². The Morgan fingerprint density at radius 1 is 1.09 bits per heavy atom. The summed E-state index contributed by atoms with van der Waals surface area (Å²) in [5.74, 6) is 0.635. The summed E-state index contributed by atoms with van der Waals surface area (Å²) in [5, 5.41) is 9.09. The number of ether oxygens (including phenoxy) is 1. The van der Waals surface area contributed by atoms with Crippen molar-refractivity contribution < 1.29 is 14.6 Å². The molecule has 0 amide bonds. The van der Waals surface area contributed by atoms with Crippen LogP contribution in [0.5, 0.6) is 5.75 Å². The molecule has 0 aliphatic rings. The minimum absolute atomic E-state index is 0.0960. The average Bonchev–Trinajstić information content (AvgIpc) is 2.86. The van der Waals surface area contributed by atoms with E-state index in [2.05, 4.69) is 4.98 Å². The maximum Gasteiger partial charge on any atom is 0.323 e. The lowest BCUT2D eigenvalue weighted by molar-refractivity contribution is -0.137. The molecule has 1 N–H and O–H groups in total. The molecule has 3 rings (SSSR count). The standard InChI is InChI=1S/C17H16N2O3/c20-17(21)12-19-15-9-5-4-8-14(15)18-16(19)10-11-22-13-6-2-1-3-7-13/h1-9H,10-12H2,(H,20,21). The predicted molar refractivity (Wildman–Crippen MR) is 83.0 cm³/mol. The smallest absolute Gasteiger partial charge is 0.323 e. The van der Waals surface area contributed by atoms with Crippen LogP contribution in [0.3, 0.4) is 0 Å². The van der Waals surface area contributed by atoms with Gasteiger partial charge in [-0.05, 0) is 24.3 Å². The van der Waals surface area contributed by atoms with Crippen LogP contribution in [-0.4, -0.2) is 27.2 Å². The van der Waals surface area contributed by atoms with Crippen LogP contribution in [0.2, 0.25) is 0 Å². The molecule has 0 unspecified atom stereocenters. The summed E-state index contributed by atoms with van der Waals surface area (Å²) < 4.78 is 7.39. The molecule has 0 aliphatic carbocycles. The van der Waals surface area contributed by atoms with Gasteiger partial charge in [0.05, 0.1) is 17.6 Å². The molecule has 22 heavy (non-hydrogen) atoms. The van der Waals surface area contributed by atoms with E-state index in [0.717, 1.165) is 22.6 Å². The third kappa shape index (κ3) is 3.09. The molecule has 112 valence electrons. The SMILES string of the molecule is O=C(O)Cn1c(CCOc2ccccc2)nc2ccccc21. The van der Waals surface area contributed by atoms with E-state index in [1.165, 1.54) is 0 Å².